The molecule has 1 aliphatic heterocycles. The summed E-state index contributed by atoms with van der Waals surface area (Å²) in [6.07, 6.45) is 0.371. The average molecular weight is 811 g/mol. The fourth-order valence-electron chi connectivity index (χ4n) is 4.38. The first-order valence-corrected chi connectivity index (χ1v) is 16.1. The number of methoxy groups -OCH3 is 1. The fraction of sp³-hybridized carbons (Fsp3) is 0.258. The number of aliphatic hydroxyl groups is 1. The van der Waals surface area contributed by atoms with E-state index in [9.17, 15) is 14.7 Å². The summed E-state index contributed by atoms with van der Waals surface area (Å²) in [5, 5.41) is 20.1. The molecule has 11 nitrogen and oxygen atoms in total. The smallest absolute Gasteiger partial charge is 0.337 e. The number of rotatable bonds is 13. The Morgan fingerprint density at radius 3 is 2.51 bits per heavy atom. The van der Waals surface area contributed by atoms with Gasteiger partial charge in [0.25, 0.3) is 0 Å². The molecule has 0 aliphatic carbocycles. The number of allylic oxidation sites excluding steroid dienone is 1. The second-order valence-electron chi connectivity index (χ2n) is 9.64. The number of hydrogen-bond donors (Lipinski definition) is 4. The third-order valence-corrected chi connectivity index (χ3v) is 8.01. The molecule has 4 rings (SSSR count). The van der Waals surface area contributed by atoms with Gasteiger partial charge in [-0.25, -0.2) is 9.59 Å². The molecule has 0 fully saturated rings. The number of nitrogens with zero attached hydrogens (tertiary/aromatic N) is 1. The summed E-state index contributed by atoms with van der Waals surface area (Å²) in [7, 11) is 1.28. The Morgan fingerprint density at radius 2 is 1.80 bits per heavy atom. The molecular weight excluding hydrogens is 780 g/mol. The lowest BCUT2D eigenvalue weighted by Crippen LogP contribution is -2.45. The van der Waals surface area contributed by atoms with Gasteiger partial charge < -0.3 is 34.7 Å². The number of hydrazone groups is 1. The van der Waals surface area contributed by atoms with Gasteiger partial charge in [0, 0.05) is 20.2 Å². The van der Waals surface area contributed by atoms with Crippen LogP contribution in [0.2, 0.25) is 0 Å². The maximum Gasteiger partial charge on any atom is 0.337 e. The Bertz CT molecular complexity index is 1600. The highest BCUT2D eigenvalue weighted by Crippen LogP contribution is 2.35. The molecular formula is C31H31Br3N4O7. The zero-order valence-corrected chi connectivity index (χ0v) is 29.3. The van der Waals surface area contributed by atoms with Crippen LogP contribution >= 0.6 is 47.8 Å². The van der Waals surface area contributed by atoms with E-state index < -0.39 is 24.3 Å². The van der Waals surface area contributed by atoms with E-state index in [0.29, 0.717) is 47.3 Å². The number of aliphatic hydroxyl groups excluding tert-OH is 1. The lowest BCUT2D eigenvalue weighted by molar-refractivity contribution is -0.136. The molecule has 0 unspecified atom stereocenters. The van der Waals surface area contributed by atoms with Gasteiger partial charge in [-0.1, -0.05) is 50.1 Å². The number of carbonyl (C=O) groups is 2. The van der Waals surface area contributed by atoms with Gasteiger partial charge in [0.05, 0.1) is 36.0 Å². The van der Waals surface area contributed by atoms with Crippen molar-refractivity contribution in [3.8, 4) is 17.2 Å². The quantitative estimate of drug-likeness (QED) is 0.0707. The second-order valence-corrected chi connectivity index (χ2v) is 12.3. The Labute approximate surface area is 285 Å². The first-order valence-electron chi connectivity index (χ1n) is 13.7. The molecule has 0 spiro atoms. The summed E-state index contributed by atoms with van der Waals surface area (Å²) in [4.78, 5) is 24.6. The van der Waals surface area contributed by atoms with Crippen LogP contribution in [0.25, 0.3) is 0 Å². The van der Waals surface area contributed by atoms with Crippen LogP contribution in [0.5, 0.6) is 17.2 Å². The van der Waals surface area contributed by atoms with Gasteiger partial charge in [-0.3, -0.25) is 5.43 Å². The number of ether oxygens (including phenoxy) is 4. The summed E-state index contributed by atoms with van der Waals surface area (Å²) in [5.41, 5.74) is 5.56. The molecule has 4 N–H and O–H groups in total. The van der Waals surface area contributed by atoms with E-state index in [-0.39, 0.29) is 12.2 Å². The number of hydrogen-bond acceptors (Lipinski definition) is 9. The normalized spacial score (nSPS) is 15.3. The summed E-state index contributed by atoms with van der Waals surface area (Å²) in [6, 6.07) is 15.4. The van der Waals surface area contributed by atoms with Gasteiger partial charge in [0.2, 0.25) is 0 Å². The van der Waals surface area contributed by atoms with E-state index in [2.05, 4.69) is 69.0 Å². The molecule has 0 radical (unpaired) electrons. The third-order valence-electron chi connectivity index (χ3n) is 6.43. The number of halogens is 3. The second kappa shape index (κ2) is 16.1. The van der Waals surface area contributed by atoms with Gasteiger partial charge in [0.15, 0.2) is 17.7 Å². The molecule has 1 heterocycles. The highest BCUT2D eigenvalue weighted by atomic mass is 79.9. The summed E-state index contributed by atoms with van der Waals surface area (Å²) < 4.78 is 25.1. The van der Waals surface area contributed by atoms with Crippen molar-refractivity contribution in [2.75, 3.05) is 20.3 Å². The highest BCUT2D eigenvalue weighted by molar-refractivity contribution is 9.11. The van der Waals surface area contributed by atoms with Gasteiger partial charge in [-0.2, -0.15) is 5.10 Å². The van der Waals surface area contributed by atoms with Crippen molar-refractivity contribution in [2.24, 2.45) is 5.10 Å². The molecule has 238 valence electrons. The topological polar surface area (TPSA) is 140 Å². The molecule has 0 saturated carbocycles. The Hall–Kier alpha value is -3.59. The van der Waals surface area contributed by atoms with E-state index in [4.69, 9.17) is 18.9 Å². The fourth-order valence-corrected chi connectivity index (χ4v) is 6.02. The molecule has 2 amide bonds. The minimum absolute atomic E-state index is 0.164. The van der Waals surface area contributed by atoms with Gasteiger partial charge >= 0.3 is 12.0 Å². The van der Waals surface area contributed by atoms with Gasteiger partial charge in [-0.15, -0.1) is 0 Å². The summed E-state index contributed by atoms with van der Waals surface area (Å²) >= 11 is 10.5. The lowest BCUT2D eigenvalue weighted by Gasteiger charge is -2.28. The summed E-state index contributed by atoms with van der Waals surface area (Å²) in [5.74, 6) is 0.734. The predicted octanol–water partition coefficient (Wildman–Crippen LogP) is 6.07. The van der Waals surface area contributed by atoms with E-state index >= 15 is 0 Å². The van der Waals surface area contributed by atoms with Crippen molar-refractivity contribution in [1.82, 2.24) is 16.1 Å². The Balaban J connectivity index is 1.42. The summed E-state index contributed by atoms with van der Waals surface area (Å²) in [6.45, 7) is 3.96. The van der Waals surface area contributed by atoms with Crippen LogP contribution in [-0.4, -0.2) is 49.9 Å². The number of esters is 1. The standard InChI is InChI=1S/C31H31Br3N4O7/c1-4-43-25-12-19(28-27(30(40)42-3)17(2)36-31(41)37-28)7-10-24(25)44-16-26(39)38-35-14-20-11-22(33)13-23(34)29(20)45-15-18-5-8-21(32)9-6-18/h5-14,26,28,38-39H,4,15-16H2,1-3H3,(H2,36,37,41)/b35-14+/t26-,28-/m0/s1. The zero-order chi connectivity index (χ0) is 32.5. The lowest BCUT2D eigenvalue weighted by atomic mass is 9.95. The first kappa shape index (κ1) is 34.3. The maximum atomic E-state index is 12.5. The van der Waals surface area contributed by atoms with E-state index in [1.807, 2.05) is 43.3 Å². The van der Waals surface area contributed by atoms with Crippen molar-refractivity contribution in [3.05, 3.63) is 96.0 Å². The van der Waals surface area contributed by atoms with Crippen molar-refractivity contribution in [1.29, 1.82) is 0 Å². The van der Waals surface area contributed by atoms with E-state index in [1.54, 1.807) is 25.1 Å². The van der Waals surface area contributed by atoms with Crippen LogP contribution in [0.3, 0.4) is 0 Å². The number of benzene rings is 3. The van der Waals surface area contributed by atoms with Crippen molar-refractivity contribution in [2.45, 2.75) is 32.7 Å². The highest BCUT2D eigenvalue weighted by Gasteiger charge is 2.32. The van der Waals surface area contributed by atoms with Crippen LogP contribution in [0.4, 0.5) is 4.79 Å². The average Bonchev–Trinajstić information content (AvgIpc) is 3.00. The number of urea groups is 1. The maximum absolute atomic E-state index is 12.5. The van der Waals surface area contributed by atoms with Crippen LogP contribution in [0, 0.1) is 0 Å². The van der Waals surface area contributed by atoms with Crippen LogP contribution in [0.1, 0.15) is 36.6 Å². The van der Waals surface area contributed by atoms with Crippen molar-refractivity contribution >= 4 is 66.0 Å². The molecule has 0 bridgehead atoms. The Kier molecular flexibility index (Phi) is 12.3. The molecule has 1 aliphatic rings. The molecule has 0 saturated heterocycles. The molecule has 45 heavy (non-hydrogen) atoms. The predicted molar refractivity (Wildman–Crippen MR) is 179 cm³/mol. The molecule has 0 aromatic heterocycles. The van der Waals surface area contributed by atoms with Gasteiger partial charge in [-0.05, 0) is 77.3 Å². The number of carbonyl (C=O) groups excluding carboxylic acids is 2. The number of nitrogens with one attached hydrogen (secondary N) is 3. The van der Waals surface area contributed by atoms with E-state index in [0.717, 1.165) is 19.0 Å². The Morgan fingerprint density at radius 1 is 1.04 bits per heavy atom. The van der Waals surface area contributed by atoms with Crippen LogP contribution < -0.4 is 30.3 Å². The first-order chi connectivity index (χ1) is 21.6. The SMILES string of the molecule is CCOc1cc([C@@H]2NC(=O)NC(C)=C2C(=O)OC)ccc1OC[C@H](O)N/N=C/c1cc(Br)cc(Br)c1OCc1ccc(Br)cc1. The minimum Gasteiger partial charge on any atom is -0.490 e. The third kappa shape index (κ3) is 9.22. The van der Waals surface area contributed by atoms with Crippen molar-refractivity contribution in [3.63, 3.8) is 0 Å². The molecule has 3 aromatic carbocycles. The van der Waals surface area contributed by atoms with Crippen LogP contribution in [-0.2, 0) is 16.1 Å². The molecule has 2 atom stereocenters. The van der Waals surface area contributed by atoms with Gasteiger partial charge in [0.1, 0.15) is 19.0 Å². The largest absolute Gasteiger partial charge is 0.490 e. The van der Waals surface area contributed by atoms with E-state index in [1.165, 1.54) is 13.3 Å². The van der Waals surface area contributed by atoms with Crippen LogP contribution in [0.15, 0.2) is 84.4 Å². The number of amides is 2. The monoisotopic (exact) mass is 808 g/mol. The van der Waals surface area contributed by atoms with Crippen molar-refractivity contribution < 1.29 is 33.6 Å². The molecule has 14 heteroatoms. The minimum atomic E-state index is -1.17. The zero-order valence-electron chi connectivity index (χ0n) is 24.5. The molecule has 3 aromatic rings.